The predicted molar refractivity (Wildman–Crippen MR) is 86.7 cm³/mol. The zero-order valence-corrected chi connectivity index (χ0v) is 13.8. The molecule has 0 aliphatic carbocycles. The third kappa shape index (κ3) is 3.39. The van der Waals surface area contributed by atoms with E-state index >= 15 is 0 Å². The highest BCUT2D eigenvalue weighted by Crippen LogP contribution is 2.40. The smallest absolute Gasteiger partial charge is 0.354 e. The van der Waals surface area contributed by atoms with Gasteiger partial charge >= 0.3 is 11.9 Å². The maximum Gasteiger partial charge on any atom is 0.354 e. The van der Waals surface area contributed by atoms with Gasteiger partial charge in [-0.3, -0.25) is 4.79 Å². The maximum atomic E-state index is 11.5. The Morgan fingerprint density at radius 2 is 1.91 bits per heavy atom. The number of ether oxygens (including phenoxy) is 2. The summed E-state index contributed by atoms with van der Waals surface area (Å²) in [5, 5.41) is 9.93. The number of benzene rings is 1. The molecule has 124 valence electrons. The van der Waals surface area contributed by atoms with E-state index in [1.807, 2.05) is 13.8 Å². The van der Waals surface area contributed by atoms with Crippen LogP contribution in [0, 0.1) is 0 Å². The van der Waals surface area contributed by atoms with E-state index in [1.54, 1.807) is 31.1 Å². The molecule has 0 spiro atoms. The summed E-state index contributed by atoms with van der Waals surface area (Å²) in [4.78, 5) is 27.4. The van der Waals surface area contributed by atoms with Gasteiger partial charge < -0.3 is 24.5 Å². The van der Waals surface area contributed by atoms with Gasteiger partial charge in [-0.25, -0.2) is 4.79 Å². The van der Waals surface area contributed by atoms with Crippen molar-refractivity contribution in [2.24, 2.45) is 0 Å². The Hall–Kier alpha value is -2.70. The fourth-order valence-electron chi connectivity index (χ4n) is 2.43. The van der Waals surface area contributed by atoms with Crippen molar-refractivity contribution in [1.29, 1.82) is 0 Å². The van der Waals surface area contributed by atoms with Gasteiger partial charge in [0.25, 0.3) is 0 Å². The molecular weight excluding hydrogens is 300 g/mol. The number of aromatic carboxylic acids is 1. The van der Waals surface area contributed by atoms with Crippen LogP contribution in [0.3, 0.4) is 0 Å². The molecule has 0 atom stereocenters. The van der Waals surface area contributed by atoms with Crippen molar-refractivity contribution in [2.75, 3.05) is 19.0 Å². The Balaban J connectivity index is 2.78. The van der Waals surface area contributed by atoms with Gasteiger partial charge in [0.2, 0.25) is 0 Å². The van der Waals surface area contributed by atoms with Crippen LogP contribution in [0.25, 0.3) is 10.9 Å². The molecule has 2 rings (SSSR count). The van der Waals surface area contributed by atoms with Crippen molar-refractivity contribution in [2.45, 2.75) is 26.9 Å². The first kappa shape index (κ1) is 16.7. The summed E-state index contributed by atoms with van der Waals surface area (Å²) in [7, 11) is 3.45. The highest BCUT2D eigenvalue weighted by Gasteiger charge is 2.23. The van der Waals surface area contributed by atoms with E-state index in [4.69, 9.17) is 9.47 Å². The fourth-order valence-corrected chi connectivity index (χ4v) is 2.43. The molecule has 0 saturated carbocycles. The molecule has 0 aliphatic heterocycles. The summed E-state index contributed by atoms with van der Waals surface area (Å²) in [6.45, 7) is 5.04. The van der Waals surface area contributed by atoms with Gasteiger partial charge in [0.15, 0.2) is 0 Å². The average molecular weight is 320 g/mol. The number of aromatic amines is 1. The molecule has 1 heterocycles. The number of hydrogen-bond donors (Lipinski definition) is 2. The summed E-state index contributed by atoms with van der Waals surface area (Å²) in [5.74, 6) is -0.828. The van der Waals surface area contributed by atoms with Crippen LogP contribution in [-0.2, 0) is 4.79 Å². The van der Waals surface area contributed by atoms with Crippen molar-refractivity contribution < 1.29 is 24.2 Å². The van der Waals surface area contributed by atoms with E-state index < -0.39 is 11.9 Å². The lowest BCUT2D eigenvalue weighted by atomic mass is 10.1. The van der Waals surface area contributed by atoms with E-state index in [0.29, 0.717) is 22.3 Å². The molecule has 0 saturated heterocycles. The fraction of sp³-hybridized carbons (Fsp3) is 0.375. The third-order valence-corrected chi connectivity index (χ3v) is 3.10. The standard InChI is InChI=1S/C16H20N2O5/c1-8(2)22-10-6-11-13(12(7-10)23-9(3)19)15(18(4)5)14(17-11)16(20)21/h6-8,17H,1-5H3,(H,20,21). The van der Waals surface area contributed by atoms with Crippen LogP contribution in [-0.4, -0.2) is 42.2 Å². The van der Waals surface area contributed by atoms with Crippen LogP contribution in [0.2, 0.25) is 0 Å². The number of H-pyrrole nitrogens is 1. The minimum atomic E-state index is -1.09. The van der Waals surface area contributed by atoms with E-state index in [2.05, 4.69) is 4.98 Å². The first-order valence-corrected chi connectivity index (χ1v) is 7.16. The van der Waals surface area contributed by atoms with Crippen molar-refractivity contribution >= 4 is 28.5 Å². The molecule has 0 radical (unpaired) electrons. The Morgan fingerprint density at radius 3 is 2.39 bits per heavy atom. The summed E-state index contributed by atoms with van der Waals surface area (Å²) in [6, 6.07) is 3.29. The predicted octanol–water partition coefficient (Wildman–Crippen LogP) is 2.64. The number of carbonyl (C=O) groups excluding carboxylic acids is 1. The van der Waals surface area contributed by atoms with Gasteiger partial charge in [-0.15, -0.1) is 0 Å². The summed E-state index contributed by atoms with van der Waals surface area (Å²) in [5.41, 5.74) is 1.00. The van der Waals surface area contributed by atoms with Crippen LogP contribution in [0.15, 0.2) is 12.1 Å². The van der Waals surface area contributed by atoms with Crippen LogP contribution in [0.5, 0.6) is 11.5 Å². The van der Waals surface area contributed by atoms with Gasteiger partial charge in [-0.2, -0.15) is 0 Å². The van der Waals surface area contributed by atoms with Crippen LogP contribution in [0.4, 0.5) is 5.69 Å². The number of hydrogen-bond acceptors (Lipinski definition) is 5. The van der Waals surface area contributed by atoms with Crippen LogP contribution >= 0.6 is 0 Å². The topological polar surface area (TPSA) is 91.9 Å². The Bertz CT molecular complexity index is 761. The second-order valence-corrected chi connectivity index (χ2v) is 5.65. The monoisotopic (exact) mass is 320 g/mol. The lowest BCUT2D eigenvalue weighted by molar-refractivity contribution is -0.131. The molecule has 0 aliphatic rings. The molecule has 1 aromatic carbocycles. The third-order valence-electron chi connectivity index (χ3n) is 3.10. The molecule has 0 bridgehead atoms. The minimum Gasteiger partial charge on any atom is -0.491 e. The number of rotatable bonds is 5. The first-order chi connectivity index (χ1) is 10.7. The van der Waals surface area contributed by atoms with Crippen molar-refractivity contribution in [3.63, 3.8) is 0 Å². The molecular formula is C16H20N2O5. The zero-order valence-electron chi connectivity index (χ0n) is 13.8. The van der Waals surface area contributed by atoms with Crippen molar-refractivity contribution in [3.8, 4) is 11.5 Å². The number of anilines is 1. The normalized spacial score (nSPS) is 10.9. The van der Waals surface area contributed by atoms with Gasteiger partial charge in [-0.1, -0.05) is 0 Å². The molecule has 23 heavy (non-hydrogen) atoms. The van der Waals surface area contributed by atoms with Gasteiger partial charge in [0.05, 0.1) is 22.7 Å². The average Bonchev–Trinajstić information content (AvgIpc) is 2.76. The lowest BCUT2D eigenvalue weighted by Crippen LogP contribution is -2.13. The minimum absolute atomic E-state index is 0.0279. The van der Waals surface area contributed by atoms with Crippen LogP contribution in [0.1, 0.15) is 31.3 Å². The van der Waals surface area contributed by atoms with E-state index in [9.17, 15) is 14.7 Å². The van der Waals surface area contributed by atoms with E-state index in [-0.39, 0.29) is 17.5 Å². The Morgan fingerprint density at radius 1 is 1.26 bits per heavy atom. The molecule has 1 aromatic heterocycles. The largest absolute Gasteiger partial charge is 0.491 e. The molecule has 7 heteroatoms. The number of fused-ring (bicyclic) bond motifs is 1. The Labute approximate surface area is 133 Å². The second-order valence-electron chi connectivity index (χ2n) is 5.65. The summed E-state index contributed by atoms with van der Waals surface area (Å²) < 4.78 is 10.9. The quantitative estimate of drug-likeness (QED) is 0.650. The van der Waals surface area contributed by atoms with Gasteiger partial charge in [0.1, 0.15) is 17.2 Å². The number of esters is 1. The van der Waals surface area contributed by atoms with Crippen molar-refractivity contribution in [3.05, 3.63) is 17.8 Å². The summed E-state index contributed by atoms with van der Waals surface area (Å²) >= 11 is 0. The molecule has 2 aromatic rings. The first-order valence-electron chi connectivity index (χ1n) is 7.16. The molecule has 0 unspecified atom stereocenters. The second kappa shape index (κ2) is 6.20. The number of aromatic nitrogens is 1. The number of nitrogens with one attached hydrogen (secondary N) is 1. The lowest BCUT2D eigenvalue weighted by Gasteiger charge is -2.15. The number of carbonyl (C=O) groups is 2. The number of carboxylic acids is 1. The molecule has 2 N–H and O–H groups in total. The van der Waals surface area contributed by atoms with E-state index in [0.717, 1.165) is 0 Å². The highest BCUT2D eigenvalue weighted by molar-refractivity contribution is 6.09. The Kier molecular flexibility index (Phi) is 4.49. The van der Waals surface area contributed by atoms with Crippen LogP contribution < -0.4 is 14.4 Å². The maximum absolute atomic E-state index is 11.5. The van der Waals surface area contributed by atoms with Gasteiger partial charge in [-0.05, 0) is 13.8 Å². The molecule has 7 nitrogen and oxygen atoms in total. The SMILES string of the molecule is CC(=O)Oc1cc(OC(C)C)cc2[nH]c(C(=O)O)c(N(C)C)c12. The van der Waals surface area contributed by atoms with Crippen molar-refractivity contribution in [1.82, 2.24) is 4.98 Å². The zero-order chi connectivity index (χ0) is 17.3. The molecule has 0 fully saturated rings. The highest BCUT2D eigenvalue weighted by atomic mass is 16.5. The number of nitrogens with zero attached hydrogens (tertiary/aromatic N) is 1. The molecule has 0 amide bonds. The van der Waals surface area contributed by atoms with Gasteiger partial charge in [0, 0.05) is 33.2 Å². The number of carboxylic acid groups (broad SMARTS) is 1. The van der Waals surface area contributed by atoms with E-state index in [1.165, 1.54) is 6.92 Å². The summed E-state index contributed by atoms with van der Waals surface area (Å²) in [6.07, 6.45) is -0.0696.